The average Bonchev–Trinajstić information content (AvgIpc) is 2.54. The van der Waals surface area contributed by atoms with Crippen molar-refractivity contribution in [1.82, 2.24) is 15.0 Å². The SMILES string of the molecule is CN=c1ccn(O)c2nonc12. The highest BCUT2D eigenvalue weighted by Gasteiger charge is 2.04. The molecular formula is C6H6N4O2. The van der Waals surface area contributed by atoms with Crippen LogP contribution in [0.1, 0.15) is 0 Å². The Hall–Kier alpha value is -1.85. The van der Waals surface area contributed by atoms with E-state index in [9.17, 15) is 5.21 Å². The molecule has 2 aromatic heterocycles. The molecule has 12 heavy (non-hydrogen) atoms. The lowest BCUT2D eigenvalue weighted by Crippen LogP contribution is -2.07. The van der Waals surface area contributed by atoms with Gasteiger partial charge in [0.05, 0.1) is 5.36 Å². The van der Waals surface area contributed by atoms with Crippen LogP contribution in [0.3, 0.4) is 0 Å². The zero-order valence-electron chi connectivity index (χ0n) is 6.30. The summed E-state index contributed by atoms with van der Waals surface area (Å²) in [6.07, 6.45) is 1.43. The van der Waals surface area contributed by atoms with Crippen molar-refractivity contribution in [2.45, 2.75) is 0 Å². The zero-order chi connectivity index (χ0) is 8.55. The number of pyridine rings is 1. The molecule has 2 heterocycles. The lowest BCUT2D eigenvalue weighted by molar-refractivity contribution is 0.191. The molecule has 0 atom stereocenters. The third kappa shape index (κ3) is 0.777. The van der Waals surface area contributed by atoms with Gasteiger partial charge in [0.25, 0.3) is 0 Å². The smallest absolute Gasteiger partial charge is 0.240 e. The predicted octanol–water partition coefficient (Wildman–Crippen LogP) is -0.208. The largest absolute Gasteiger partial charge is 0.427 e. The molecule has 0 unspecified atom stereocenters. The average molecular weight is 166 g/mol. The van der Waals surface area contributed by atoms with Crippen LogP contribution in [0, 0.1) is 0 Å². The summed E-state index contributed by atoms with van der Waals surface area (Å²) in [5, 5.41) is 16.9. The quantitative estimate of drug-likeness (QED) is 0.549. The van der Waals surface area contributed by atoms with Crippen LogP contribution in [0.5, 0.6) is 0 Å². The van der Waals surface area contributed by atoms with Gasteiger partial charge in [-0.1, -0.05) is 0 Å². The summed E-state index contributed by atoms with van der Waals surface area (Å²) in [6, 6.07) is 1.62. The number of nitrogens with zero attached hydrogens (tertiary/aromatic N) is 4. The first-order valence-corrected chi connectivity index (χ1v) is 3.29. The van der Waals surface area contributed by atoms with Gasteiger partial charge in [-0.3, -0.25) is 4.99 Å². The van der Waals surface area contributed by atoms with E-state index >= 15 is 0 Å². The van der Waals surface area contributed by atoms with Crippen LogP contribution in [0.15, 0.2) is 21.9 Å². The lowest BCUT2D eigenvalue weighted by atomic mass is 10.4. The van der Waals surface area contributed by atoms with Crippen molar-refractivity contribution in [1.29, 1.82) is 0 Å². The van der Waals surface area contributed by atoms with Gasteiger partial charge in [0.15, 0.2) is 5.52 Å². The van der Waals surface area contributed by atoms with E-state index in [1.807, 2.05) is 0 Å². The fourth-order valence-corrected chi connectivity index (χ4v) is 0.967. The normalized spacial score (nSPS) is 12.6. The molecule has 0 aliphatic rings. The van der Waals surface area contributed by atoms with E-state index in [1.54, 1.807) is 13.1 Å². The summed E-state index contributed by atoms with van der Waals surface area (Å²) in [5.74, 6) is 0. The second kappa shape index (κ2) is 2.33. The summed E-state index contributed by atoms with van der Waals surface area (Å²) in [7, 11) is 1.63. The molecule has 62 valence electrons. The maximum Gasteiger partial charge on any atom is 0.240 e. The summed E-state index contributed by atoms with van der Waals surface area (Å²) in [6.45, 7) is 0. The van der Waals surface area contributed by atoms with Crippen molar-refractivity contribution in [2.24, 2.45) is 4.99 Å². The Kier molecular flexibility index (Phi) is 1.33. The van der Waals surface area contributed by atoms with E-state index in [0.29, 0.717) is 10.9 Å². The highest BCUT2D eigenvalue weighted by atomic mass is 16.6. The van der Waals surface area contributed by atoms with Crippen molar-refractivity contribution in [3.63, 3.8) is 0 Å². The van der Waals surface area contributed by atoms with Gasteiger partial charge in [0, 0.05) is 13.2 Å². The Labute approximate surface area is 66.7 Å². The summed E-state index contributed by atoms with van der Waals surface area (Å²) in [4.78, 5) is 3.93. The maximum absolute atomic E-state index is 9.19. The molecule has 0 aliphatic carbocycles. The molecule has 0 aromatic carbocycles. The fourth-order valence-electron chi connectivity index (χ4n) is 0.967. The van der Waals surface area contributed by atoms with Crippen LogP contribution in [-0.2, 0) is 0 Å². The highest BCUT2D eigenvalue weighted by molar-refractivity contribution is 5.67. The van der Waals surface area contributed by atoms with Gasteiger partial charge in [-0.2, -0.15) is 4.73 Å². The number of fused-ring (bicyclic) bond motifs is 1. The van der Waals surface area contributed by atoms with Crippen molar-refractivity contribution in [2.75, 3.05) is 7.05 Å². The molecular weight excluding hydrogens is 160 g/mol. The van der Waals surface area contributed by atoms with Crippen LogP contribution in [0.25, 0.3) is 11.2 Å². The third-order valence-corrected chi connectivity index (χ3v) is 1.55. The Morgan fingerprint density at radius 2 is 2.42 bits per heavy atom. The lowest BCUT2D eigenvalue weighted by Gasteiger charge is -1.93. The summed E-state index contributed by atoms with van der Waals surface area (Å²) < 4.78 is 5.28. The topological polar surface area (TPSA) is 76.4 Å². The standard InChI is InChI=1S/C6H6N4O2/c1-7-4-2-3-10(11)6-5(4)8-12-9-6/h2-3,11H,1H3. The van der Waals surface area contributed by atoms with Crippen LogP contribution >= 0.6 is 0 Å². The number of hydrogen-bond donors (Lipinski definition) is 1. The minimum Gasteiger partial charge on any atom is -0.427 e. The van der Waals surface area contributed by atoms with Gasteiger partial charge in [-0.05, 0) is 16.4 Å². The minimum atomic E-state index is 0.262. The molecule has 0 bridgehead atoms. The first-order chi connectivity index (χ1) is 5.83. The summed E-state index contributed by atoms with van der Waals surface area (Å²) in [5.41, 5.74) is 0.709. The van der Waals surface area contributed by atoms with Crippen LogP contribution in [-0.4, -0.2) is 27.3 Å². The first-order valence-electron chi connectivity index (χ1n) is 3.29. The number of aromatic nitrogens is 3. The molecule has 1 N–H and O–H groups in total. The Bertz CT molecular complexity index is 470. The van der Waals surface area contributed by atoms with Gasteiger partial charge < -0.3 is 5.21 Å². The molecule has 0 fully saturated rings. The van der Waals surface area contributed by atoms with Crippen LogP contribution in [0.4, 0.5) is 0 Å². The molecule has 0 radical (unpaired) electrons. The molecule has 6 nitrogen and oxygen atoms in total. The van der Waals surface area contributed by atoms with E-state index in [-0.39, 0.29) is 5.65 Å². The highest BCUT2D eigenvalue weighted by Crippen LogP contribution is 2.00. The van der Waals surface area contributed by atoms with Crippen molar-refractivity contribution in [3.05, 3.63) is 17.6 Å². The zero-order valence-corrected chi connectivity index (χ0v) is 6.30. The van der Waals surface area contributed by atoms with Crippen molar-refractivity contribution in [3.8, 4) is 0 Å². The Balaban J connectivity index is 3.02. The molecule has 0 spiro atoms. The van der Waals surface area contributed by atoms with Gasteiger partial charge in [-0.15, -0.1) is 0 Å². The minimum absolute atomic E-state index is 0.262. The maximum atomic E-state index is 9.19. The number of hydrogen-bond acceptors (Lipinski definition) is 5. The van der Waals surface area contributed by atoms with Gasteiger partial charge in [0.2, 0.25) is 5.65 Å². The van der Waals surface area contributed by atoms with E-state index in [2.05, 4.69) is 19.9 Å². The fraction of sp³-hybridized carbons (Fsp3) is 0.167. The van der Waals surface area contributed by atoms with E-state index in [1.165, 1.54) is 6.20 Å². The van der Waals surface area contributed by atoms with Gasteiger partial charge in [0.1, 0.15) is 0 Å². The second-order valence-corrected chi connectivity index (χ2v) is 2.21. The van der Waals surface area contributed by atoms with Crippen LogP contribution < -0.4 is 5.36 Å². The second-order valence-electron chi connectivity index (χ2n) is 2.21. The predicted molar refractivity (Wildman–Crippen MR) is 38.5 cm³/mol. The Morgan fingerprint density at radius 3 is 3.17 bits per heavy atom. The monoisotopic (exact) mass is 166 g/mol. The van der Waals surface area contributed by atoms with Gasteiger partial charge in [-0.25, -0.2) is 4.63 Å². The van der Waals surface area contributed by atoms with E-state index in [0.717, 1.165) is 4.73 Å². The summed E-state index contributed by atoms with van der Waals surface area (Å²) >= 11 is 0. The Morgan fingerprint density at radius 1 is 1.58 bits per heavy atom. The van der Waals surface area contributed by atoms with Crippen molar-refractivity contribution >= 4 is 11.2 Å². The molecule has 6 heteroatoms. The van der Waals surface area contributed by atoms with Crippen LogP contribution in [0.2, 0.25) is 0 Å². The molecule has 2 rings (SSSR count). The van der Waals surface area contributed by atoms with E-state index < -0.39 is 0 Å². The molecule has 0 saturated heterocycles. The third-order valence-electron chi connectivity index (χ3n) is 1.55. The van der Waals surface area contributed by atoms with Gasteiger partial charge >= 0.3 is 0 Å². The molecule has 0 amide bonds. The van der Waals surface area contributed by atoms with E-state index in [4.69, 9.17) is 0 Å². The number of rotatable bonds is 0. The molecule has 0 saturated carbocycles. The van der Waals surface area contributed by atoms with Crippen molar-refractivity contribution < 1.29 is 9.84 Å². The molecule has 0 aliphatic heterocycles. The molecule has 2 aromatic rings. The first kappa shape index (κ1) is 6.84.